The molecule has 0 bridgehead atoms. The maximum Gasteiger partial charge on any atom is 0.129 e. The Morgan fingerprint density at radius 1 is 1.27 bits per heavy atom. The van der Waals surface area contributed by atoms with Crippen LogP contribution in [0.3, 0.4) is 0 Å². The molecule has 0 saturated heterocycles. The summed E-state index contributed by atoms with van der Waals surface area (Å²) in [6, 6.07) is 4.01. The van der Waals surface area contributed by atoms with Crippen LogP contribution in [-0.2, 0) is 12.8 Å². The monoisotopic (exact) mass is 292 g/mol. The highest BCUT2D eigenvalue weighted by Gasteiger charge is 2.18. The van der Waals surface area contributed by atoms with Crippen LogP contribution in [0.4, 0.5) is 5.82 Å². The van der Waals surface area contributed by atoms with Gasteiger partial charge in [-0.1, -0.05) is 26.5 Å². The van der Waals surface area contributed by atoms with Crippen molar-refractivity contribution < 1.29 is 0 Å². The topological polar surface area (TPSA) is 50.7 Å². The number of hydrogen-bond donors (Lipinski definition) is 1. The van der Waals surface area contributed by atoms with Crippen molar-refractivity contribution in [3.05, 3.63) is 66.0 Å². The molecule has 4 nitrogen and oxygen atoms in total. The molecule has 1 N–H and O–H groups in total. The molecular weight excluding hydrogens is 272 g/mol. The van der Waals surface area contributed by atoms with Crippen LogP contribution >= 0.6 is 0 Å². The van der Waals surface area contributed by atoms with E-state index in [0.717, 1.165) is 41.3 Å². The molecule has 0 saturated carbocycles. The number of nitrogens with one attached hydrogen (secondary N) is 1. The zero-order chi connectivity index (χ0) is 15.5. The predicted octanol–water partition coefficient (Wildman–Crippen LogP) is 3.61. The molecule has 22 heavy (non-hydrogen) atoms. The summed E-state index contributed by atoms with van der Waals surface area (Å²) in [6.45, 7) is 8.01. The third kappa shape index (κ3) is 2.91. The van der Waals surface area contributed by atoms with Crippen molar-refractivity contribution in [3.63, 3.8) is 0 Å². The zero-order valence-electron chi connectivity index (χ0n) is 13.0. The van der Waals surface area contributed by atoms with Crippen LogP contribution in [0.15, 0.2) is 43.4 Å². The molecule has 0 fully saturated rings. The van der Waals surface area contributed by atoms with Gasteiger partial charge in [-0.3, -0.25) is 0 Å². The summed E-state index contributed by atoms with van der Waals surface area (Å²) in [6.07, 6.45) is 9.44. The van der Waals surface area contributed by atoms with Crippen LogP contribution in [-0.4, -0.2) is 15.0 Å². The molecule has 2 aromatic heterocycles. The van der Waals surface area contributed by atoms with E-state index in [1.54, 1.807) is 6.20 Å². The Balaban J connectivity index is 1.85. The second-order valence-electron chi connectivity index (χ2n) is 5.85. The molecule has 0 amide bonds. The van der Waals surface area contributed by atoms with Crippen molar-refractivity contribution in [2.75, 3.05) is 5.32 Å². The van der Waals surface area contributed by atoms with Gasteiger partial charge in [-0.05, 0) is 29.8 Å². The fourth-order valence-electron chi connectivity index (χ4n) is 2.63. The highest BCUT2D eigenvalue weighted by atomic mass is 15.0. The van der Waals surface area contributed by atoms with Gasteiger partial charge < -0.3 is 5.32 Å². The molecule has 2 aromatic rings. The summed E-state index contributed by atoms with van der Waals surface area (Å²) < 4.78 is 0. The minimum Gasteiger partial charge on any atom is -0.347 e. The lowest BCUT2D eigenvalue weighted by Gasteiger charge is -2.08. The molecule has 1 aliphatic rings. The van der Waals surface area contributed by atoms with Crippen molar-refractivity contribution in [3.8, 4) is 0 Å². The summed E-state index contributed by atoms with van der Waals surface area (Å²) >= 11 is 0. The average Bonchev–Trinajstić information content (AvgIpc) is 2.91. The van der Waals surface area contributed by atoms with Crippen molar-refractivity contribution in [2.45, 2.75) is 26.7 Å². The van der Waals surface area contributed by atoms with E-state index in [4.69, 9.17) is 4.98 Å². The van der Waals surface area contributed by atoms with Crippen LogP contribution in [0.1, 0.15) is 36.5 Å². The maximum atomic E-state index is 4.71. The molecule has 0 atom stereocenters. The first-order chi connectivity index (χ1) is 10.7. The smallest absolute Gasteiger partial charge is 0.129 e. The lowest BCUT2D eigenvalue weighted by Crippen LogP contribution is -2.04. The minimum absolute atomic E-state index is 0.570. The third-order valence-electron chi connectivity index (χ3n) is 3.62. The fraction of sp³-hybridized carbons (Fsp3) is 0.278. The number of hydrogen-bond acceptors (Lipinski definition) is 4. The van der Waals surface area contributed by atoms with Crippen LogP contribution in [0.25, 0.3) is 5.57 Å². The number of aromatic nitrogens is 3. The largest absolute Gasteiger partial charge is 0.347 e. The summed E-state index contributed by atoms with van der Waals surface area (Å²) in [5.74, 6) is 2.30. The number of rotatable bonds is 5. The van der Waals surface area contributed by atoms with Gasteiger partial charge in [-0.2, -0.15) is 0 Å². The molecule has 2 heterocycles. The summed E-state index contributed by atoms with van der Waals surface area (Å²) in [5.41, 5.74) is 4.50. The van der Waals surface area contributed by atoms with Gasteiger partial charge in [0.05, 0.1) is 5.69 Å². The van der Waals surface area contributed by atoms with E-state index in [1.807, 2.05) is 18.5 Å². The van der Waals surface area contributed by atoms with Gasteiger partial charge in [0.1, 0.15) is 11.6 Å². The minimum atomic E-state index is 0.570. The highest BCUT2D eigenvalue weighted by molar-refractivity contribution is 5.83. The number of allylic oxidation sites excluding steroid dienone is 1. The Morgan fingerprint density at radius 3 is 2.82 bits per heavy atom. The summed E-state index contributed by atoms with van der Waals surface area (Å²) in [4.78, 5) is 13.6. The Bertz CT molecular complexity index is 714. The number of fused-ring (bicyclic) bond motifs is 1. The van der Waals surface area contributed by atoms with Gasteiger partial charge in [0.25, 0.3) is 0 Å². The van der Waals surface area contributed by atoms with E-state index in [0.29, 0.717) is 5.92 Å². The highest BCUT2D eigenvalue weighted by Crippen LogP contribution is 2.31. The predicted molar refractivity (Wildman–Crippen MR) is 89.4 cm³/mol. The molecular formula is C18H20N4. The SMILES string of the molecule is C=CNc1ccc(C2=CCc3nc(CC(C)C)ncc32)cn1. The first-order valence-electron chi connectivity index (χ1n) is 7.56. The second-order valence-corrected chi connectivity index (χ2v) is 5.85. The van der Waals surface area contributed by atoms with E-state index in [9.17, 15) is 0 Å². The average molecular weight is 292 g/mol. The van der Waals surface area contributed by atoms with E-state index < -0.39 is 0 Å². The Labute approximate surface area is 131 Å². The van der Waals surface area contributed by atoms with Crippen molar-refractivity contribution >= 4 is 11.4 Å². The molecule has 0 aliphatic heterocycles. The quantitative estimate of drug-likeness (QED) is 0.914. The molecule has 0 aromatic carbocycles. The van der Waals surface area contributed by atoms with Gasteiger partial charge >= 0.3 is 0 Å². The normalized spacial score (nSPS) is 13.0. The molecule has 1 aliphatic carbocycles. The first-order valence-corrected chi connectivity index (χ1v) is 7.56. The van der Waals surface area contributed by atoms with E-state index >= 15 is 0 Å². The molecule has 0 unspecified atom stereocenters. The van der Waals surface area contributed by atoms with E-state index in [1.165, 1.54) is 5.57 Å². The van der Waals surface area contributed by atoms with Crippen LogP contribution < -0.4 is 5.32 Å². The molecule has 3 rings (SSSR count). The standard InChI is InChI=1S/C18H20N4/c1-4-19-17-8-5-13(10-20-17)14-6-7-16-15(14)11-21-18(22-16)9-12(2)3/h4-6,8,10-12H,1,7,9H2,2-3H3,(H,19,20). The Morgan fingerprint density at radius 2 is 2.14 bits per heavy atom. The van der Waals surface area contributed by atoms with Gasteiger partial charge in [-0.25, -0.2) is 15.0 Å². The molecule has 0 spiro atoms. The number of nitrogens with zero attached hydrogens (tertiary/aromatic N) is 3. The van der Waals surface area contributed by atoms with Crippen molar-refractivity contribution in [2.24, 2.45) is 5.92 Å². The Kier molecular flexibility index (Phi) is 4.00. The fourth-order valence-corrected chi connectivity index (χ4v) is 2.63. The van der Waals surface area contributed by atoms with Gasteiger partial charge in [-0.15, -0.1) is 0 Å². The second kappa shape index (κ2) is 6.10. The van der Waals surface area contributed by atoms with Crippen molar-refractivity contribution in [1.29, 1.82) is 0 Å². The Hall–Kier alpha value is -2.49. The van der Waals surface area contributed by atoms with Crippen LogP contribution in [0.5, 0.6) is 0 Å². The third-order valence-corrected chi connectivity index (χ3v) is 3.62. The van der Waals surface area contributed by atoms with Crippen LogP contribution in [0.2, 0.25) is 0 Å². The van der Waals surface area contributed by atoms with Crippen molar-refractivity contribution in [1.82, 2.24) is 15.0 Å². The molecule has 0 radical (unpaired) electrons. The van der Waals surface area contributed by atoms with Gasteiger partial charge in [0.2, 0.25) is 0 Å². The maximum absolute atomic E-state index is 4.71. The van der Waals surface area contributed by atoms with E-state index in [2.05, 4.69) is 47.9 Å². The van der Waals surface area contributed by atoms with Crippen LogP contribution in [0, 0.1) is 5.92 Å². The van der Waals surface area contributed by atoms with Gasteiger partial charge in [0.15, 0.2) is 0 Å². The lowest BCUT2D eigenvalue weighted by atomic mass is 10.0. The first kappa shape index (κ1) is 14.4. The molecule has 112 valence electrons. The summed E-state index contributed by atoms with van der Waals surface area (Å²) in [7, 11) is 0. The van der Waals surface area contributed by atoms with E-state index in [-0.39, 0.29) is 0 Å². The lowest BCUT2D eigenvalue weighted by molar-refractivity contribution is 0.618. The molecule has 4 heteroatoms. The summed E-state index contributed by atoms with van der Waals surface area (Å²) in [5, 5.41) is 2.98. The zero-order valence-corrected chi connectivity index (χ0v) is 13.0. The number of anilines is 1. The number of pyridine rings is 1. The van der Waals surface area contributed by atoms with Gasteiger partial charge in [0, 0.05) is 36.4 Å².